The number of nitrogens with zero attached hydrogens (tertiary/aromatic N) is 1. The Morgan fingerprint density at radius 1 is 0.409 bits per heavy atom. The molecule has 12 rings (SSSR count). The predicted octanol–water partition coefficient (Wildman–Crippen LogP) is 18.3. The SMILES string of the molecule is CI(C)CCC1(C)c2cc3c(cc2-c2c(-c4ccc5c(c4)sc4cc(N(c6ccc(-c7ccccc7)cc6)c6ccc(-c7ccccc7)cc6)ccc45)cccc21)C(C)(C)c1ccccc1-3. The van der Waals surface area contributed by atoms with Crippen LogP contribution in [0.4, 0.5) is 17.1 Å². The molecular formula is C63H52INS. The average molecular weight is 982 g/mol. The normalized spacial score (nSPS) is 15.6. The summed E-state index contributed by atoms with van der Waals surface area (Å²) in [6, 6.07) is 75.1. The first kappa shape index (κ1) is 41.2. The molecule has 9 aromatic carbocycles. The van der Waals surface area contributed by atoms with Gasteiger partial charge in [0.1, 0.15) is 0 Å². The van der Waals surface area contributed by atoms with Crippen LogP contribution in [0.3, 0.4) is 0 Å². The maximum atomic E-state index is 2.61. The van der Waals surface area contributed by atoms with E-state index in [0.717, 1.165) is 17.1 Å². The van der Waals surface area contributed by atoms with Gasteiger partial charge in [-0.15, -0.1) is 0 Å². The van der Waals surface area contributed by atoms with Gasteiger partial charge in [0, 0.05) is 17.1 Å². The maximum absolute atomic E-state index is 2.61. The van der Waals surface area contributed by atoms with E-state index < -0.39 is 19.8 Å². The van der Waals surface area contributed by atoms with E-state index in [1.165, 1.54) is 109 Å². The number of hydrogen-bond acceptors (Lipinski definition) is 2. The monoisotopic (exact) mass is 981 g/mol. The van der Waals surface area contributed by atoms with Crippen molar-refractivity contribution in [2.75, 3.05) is 19.2 Å². The van der Waals surface area contributed by atoms with Crippen molar-refractivity contribution >= 4 is 68.4 Å². The molecule has 0 bridgehead atoms. The molecule has 1 aromatic heterocycles. The second kappa shape index (κ2) is 16.0. The molecule has 1 heterocycles. The summed E-state index contributed by atoms with van der Waals surface area (Å²) >= 11 is 0.945. The van der Waals surface area contributed by atoms with Crippen LogP contribution in [0.5, 0.6) is 0 Å². The van der Waals surface area contributed by atoms with E-state index in [1.807, 2.05) is 11.3 Å². The summed E-state index contributed by atoms with van der Waals surface area (Å²) in [6.07, 6.45) is 1.20. The number of anilines is 3. The first-order valence-electron chi connectivity index (χ1n) is 23.1. The summed E-state index contributed by atoms with van der Waals surface area (Å²) in [5.41, 5.74) is 22.4. The van der Waals surface area contributed by atoms with E-state index in [1.54, 1.807) is 0 Å². The van der Waals surface area contributed by atoms with Crippen molar-refractivity contribution in [1.29, 1.82) is 0 Å². The Kier molecular flexibility index (Phi) is 9.96. The number of thiophene rings is 1. The number of alkyl halides is 3. The third-order valence-corrected chi connectivity index (χ3v) is 18.5. The number of benzene rings is 9. The first-order chi connectivity index (χ1) is 32.2. The standard InChI is InChI=1S/C63H52INS/c1-62(2)55-21-13-12-19-50(55)53-39-58-54(40-57(53)62)61-49(20-14-22-56(61)63(58,3)35-36-64(4)5)45-27-33-51-52-34-32-48(38-60(52)66-59(51)37-45)65(46-28-23-43(24-29-46)41-15-8-6-9-16-41)47-30-25-44(26-31-47)42-17-10-7-11-18-42/h6-34,37-40H,35-36H2,1-5H3. The van der Waals surface area contributed by atoms with Crippen LogP contribution in [0.25, 0.3) is 75.8 Å². The zero-order valence-electron chi connectivity index (χ0n) is 38.2. The molecule has 66 heavy (non-hydrogen) atoms. The van der Waals surface area contributed by atoms with Gasteiger partial charge in [0.05, 0.1) is 0 Å². The molecule has 0 N–H and O–H groups in total. The van der Waals surface area contributed by atoms with Crippen molar-refractivity contribution in [2.45, 2.75) is 38.0 Å². The Morgan fingerprint density at radius 3 is 1.58 bits per heavy atom. The van der Waals surface area contributed by atoms with Crippen LogP contribution < -0.4 is 4.90 Å². The van der Waals surface area contributed by atoms with Crippen LogP contribution in [-0.4, -0.2) is 14.3 Å². The molecule has 322 valence electrons. The molecule has 0 radical (unpaired) electrons. The van der Waals surface area contributed by atoms with Crippen LogP contribution in [0.1, 0.15) is 49.4 Å². The van der Waals surface area contributed by atoms with Crippen molar-refractivity contribution < 1.29 is 0 Å². The van der Waals surface area contributed by atoms with Gasteiger partial charge in [-0.25, -0.2) is 0 Å². The fraction of sp³-hybridized carbons (Fsp3) is 0.143. The topological polar surface area (TPSA) is 3.24 Å². The van der Waals surface area contributed by atoms with E-state index in [4.69, 9.17) is 0 Å². The molecule has 0 fully saturated rings. The molecular weight excluding hydrogens is 930 g/mol. The molecule has 0 spiro atoms. The van der Waals surface area contributed by atoms with Crippen molar-refractivity contribution in [2.24, 2.45) is 0 Å². The predicted molar refractivity (Wildman–Crippen MR) is 295 cm³/mol. The second-order valence-electron chi connectivity index (χ2n) is 19.2. The Morgan fingerprint density at radius 2 is 0.924 bits per heavy atom. The molecule has 1 nitrogen and oxygen atoms in total. The van der Waals surface area contributed by atoms with Gasteiger partial charge in [-0.3, -0.25) is 0 Å². The van der Waals surface area contributed by atoms with E-state index >= 15 is 0 Å². The van der Waals surface area contributed by atoms with E-state index in [2.05, 4.69) is 236 Å². The first-order valence-corrected chi connectivity index (χ1v) is 29.8. The summed E-state index contributed by atoms with van der Waals surface area (Å²) in [5, 5.41) is 2.62. The molecule has 10 aromatic rings. The van der Waals surface area contributed by atoms with Crippen molar-refractivity contribution in [1.82, 2.24) is 0 Å². The zero-order valence-corrected chi connectivity index (χ0v) is 41.2. The Hall–Kier alpha value is -6.27. The summed E-state index contributed by atoms with van der Waals surface area (Å²) in [7, 11) is 0. The van der Waals surface area contributed by atoms with Crippen molar-refractivity contribution in [3.8, 4) is 55.6 Å². The fourth-order valence-corrected chi connectivity index (χ4v) is 14.5. The molecule has 2 aliphatic carbocycles. The third-order valence-electron chi connectivity index (χ3n) is 14.7. The van der Waals surface area contributed by atoms with Crippen LogP contribution in [0.15, 0.2) is 200 Å². The van der Waals surface area contributed by atoms with Gasteiger partial charge >= 0.3 is 244 Å². The Bertz CT molecular complexity index is 3390. The molecule has 3 heteroatoms. The molecule has 0 saturated carbocycles. The summed E-state index contributed by atoms with van der Waals surface area (Å²) in [4.78, 5) is 7.45. The van der Waals surface area contributed by atoms with Crippen LogP contribution in [-0.2, 0) is 10.8 Å². The summed E-state index contributed by atoms with van der Waals surface area (Å²) < 4.78 is 3.95. The number of rotatable bonds is 9. The van der Waals surface area contributed by atoms with Crippen molar-refractivity contribution in [3.05, 3.63) is 222 Å². The molecule has 0 aliphatic heterocycles. The van der Waals surface area contributed by atoms with E-state index in [0.29, 0.717) is 0 Å². The molecule has 0 amide bonds. The van der Waals surface area contributed by atoms with Gasteiger partial charge < -0.3 is 4.90 Å². The van der Waals surface area contributed by atoms with Gasteiger partial charge in [-0.1, -0.05) is 84.9 Å². The summed E-state index contributed by atoms with van der Waals surface area (Å²) in [5.74, 6) is 0. The molecule has 2 aliphatic rings. The zero-order chi connectivity index (χ0) is 44.7. The van der Waals surface area contributed by atoms with Gasteiger partial charge in [0.25, 0.3) is 0 Å². The van der Waals surface area contributed by atoms with Gasteiger partial charge in [0.2, 0.25) is 0 Å². The fourth-order valence-electron chi connectivity index (χ4n) is 11.1. The number of hydrogen-bond donors (Lipinski definition) is 0. The minimum atomic E-state index is -0.965. The van der Waals surface area contributed by atoms with E-state index in [9.17, 15) is 0 Å². The Labute approximate surface area is 400 Å². The minimum absolute atomic E-state index is 0.0349. The van der Waals surface area contributed by atoms with Gasteiger partial charge in [0.15, 0.2) is 0 Å². The van der Waals surface area contributed by atoms with E-state index in [-0.39, 0.29) is 10.8 Å². The molecule has 1 atom stereocenters. The quantitative estimate of drug-likeness (QED) is 0.103. The van der Waals surface area contributed by atoms with Crippen LogP contribution in [0.2, 0.25) is 0 Å². The van der Waals surface area contributed by atoms with Crippen molar-refractivity contribution in [3.63, 3.8) is 0 Å². The molecule has 1 unspecified atom stereocenters. The van der Waals surface area contributed by atoms with Crippen LogP contribution >= 0.6 is 31.2 Å². The third kappa shape index (κ3) is 6.68. The van der Waals surface area contributed by atoms with Gasteiger partial charge in [-0.2, -0.15) is 0 Å². The van der Waals surface area contributed by atoms with Gasteiger partial charge in [-0.05, 0) is 52.6 Å². The second-order valence-corrected chi connectivity index (χ2v) is 26.6. The summed E-state index contributed by atoms with van der Waals surface area (Å²) in [6.45, 7) is 7.38. The number of fused-ring (bicyclic) bond motifs is 9. The number of halogens is 1. The van der Waals surface area contributed by atoms with Crippen LogP contribution in [0, 0.1) is 0 Å². The Balaban J connectivity index is 0.964. The average Bonchev–Trinajstić information content (AvgIpc) is 3.93. The molecule has 0 saturated heterocycles.